The quantitative estimate of drug-likeness (QED) is 0.0626. The molecule has 1 aromatic rings. The summed E-state index contributed by atoms with van der Waals surface area (Å²) in [6.07, 6.45) is 2.16. The molecule has 0 unspecified atom stereocenters. The molecule has 1 atom stereocenters. The summed E-state index contributed by atoms with van der Waals surface area (Å²) in [4.78, 5) is 13.6. The van der Waals surface area contributed by atoms with E-state index in [0.717, 1.165) is 12.1 Å². The number of nitro groups is 1. The standard InChI is InChI=1S/C31H53N3O11/c1-26(2)6-7-33-25-28-30(5-4-29(34(36)37)31(28)32-24-27(33)3)45-23-22-44-21-20-43-19-18-42-17-16-41-15-14-40-13-12-39-11-10-38-9-8-35/h4-6,27,32,35H,7-25H2,1-3H3/t27-/m0/s1. The highest BCUT2D eigenvalue weighted by Crippen LogP contribution is 2.38. The van der Waals surface area contributed by atoms with Crippen molar-refractivity contribution in [1.29, 1.82) is 0 Å². The predicted molar refractivity (Wildman–Crippen MR) is 169 cm³/mol. The van der Waals surface area contributed by atoms with E-state index in [-0.39, 0.29) is 23.3 Å². The second-order valence-electron chi connectivity index (χ2n) is 10.5. The molecule has 0 bridgehead atoms. The molecule has 0 radical (unpaired) electrons. The van der Waals surface area contributed by atoms with Gasteiger partial charge in [-0.3, -0.25) is 15.0 Å². The number of hydrogen-bond donors (Lipinski definition) is 2. The molecule has 258 valence electrons. The molecule has 1 aliphatic rings. The SMILES string of the molecule is CC(C)=CCN1Cc2c(OCCOCCOCCOCCOCCOCCOCCOCCO)ccc([N+](=O)[O-])c2NC[C@@H]1C. The molecule has 0 fully saturated rings. The number of ether oxygens (including phenoxy) is 8. The maximum Gasteiger partial charge on any atom is 0.292 e. The van der Waals surface area contributed by atoms with E-state index in [1.165, 1.54) is 11.6 Å². The van der Waals surface area contributed by atoms with Gasteiger partial charge < -0.3 is 48.3 Å². The lowest BCUT2D eigenvalue weighted by Gasteiger charge is -2.26. The lowest BCUT2D eigenvalue weighted by atomic mass is 10.1. The Bertz CT molecular complexity index is 963. The second-order valence-corrected chi connectivity index (χ2v) is 10.5. The summed E-state index contributed by atoms with van der Waals surface area (Å²) >= 11 is 0. The monoisotopic (exact) mass is 643 g/mol. The van der Waals surface area contributed by atoms with Gasteiger partial charge in [-0.15, -0.1) is 0 Å². The molecule has 0 saturated heterocycles. The van der Waals surface area contributed by atoms with Crippen molar-refractivity contribution < 1.29 is 47.9 Å². The van der Waals surface area contributed by atoms with Crippen molar-refractivity contribution >= 4 is 11.4 Å². The zero-order chi connectivity index (χ0) is 32.5. The zero-order valence-corrected chi connectivity index (χ0v) is 27.2. The van der Waals surface area contributed by atoms with Crippen molar-refractivity contribution in [2.45, 2.75) is 33.4 Å². The molecule has 14 heteroatoms. The van der Waals surface area contributed by atoms with Crippen LogP contribution in [0.4, 0.5) is 11.4 Å². The number of fused-ring (bicyclic) bond motifs is 1. The van der Waals surface area contributed by atoms with Gasteiger partial charge in [-0.05, 0) is 26.8 Å². The molecule has 0 aromatic heterocycles. The van der Waals surface area contributed by atoms with Crippen molar-refractivity contribution in [3.63, 3.8) is 0 Å². The summed E-state index contributed by atoms with van der Waals surface area (Å²) in [5, 5.41) is 23.6. The molecule has 0 saturated carbocycles. The van der Waals surface area contributed by atoms with Crippen LogP contribution >= 0.6 is 0 Å². The fraction of sp³-hybridized carbons (Fsp3) is 0.742. The highest BCUT2D eigenvalue weighted by Gasteiger charge is 2.28. The van der Waals surface area contributed by atoms with Gasteiger partial charge in [0.1, 0.15) is 18.0 Å². The third kappa shape index (κ3) is 17.2. The van der Waals surface area contributed by atoms with E-state index in [9.17, 15) is 10.1 Å². The van der Waals surface area contributed by atoms with Crippen LogP contribution in [0.3, 0.4) is 0 Å². The van der Waals surface area contributed by atoms with Crippen LogP contribution in [0.1, 0.15) is 26.3 Å². The van der Waals surface area contributed by atoms with Gasteiger partial charge in [0.2, 0.25) is 0 Å². The summed E-state index contributed by atoms with van der Waals surface area (Å²) in [6.45, 7) is 14.8. The predicted octanol–water partition coefficient (Wildman–Crippen LogP) is 2.66. The van der Waals surface area contributed by atoms with E-state index in [1.807, 2.05) is 0 Å². The minimum atomic E-state index is -0.355. The third-order valence-corrected chi connectivity index (χ3v) is 6.69. The van der Waals surface area contributed by atoms with Gasteiger partial charge in [-0.2, -0.15) is 0 Å². The van der Waals surface area contributed by atoms with Gasteiger partial charge in [0.05, 0.1) is 104 Å². The van der Waals surface area contributed by atoms with Crippen LogP contribution < -0.4 is 10.1 Å². The van der Waals surface area contributed by atoms with Crippen LogP contribution in [-0.4, -0.2) is 140 Å². The smallest absolute Gasteiger partial charge is 0.292 e. The largest absolute Gasteiger partial charge is 0.491 e. The van der Waals surface area contributed by atoms with Gasteiger partial charge in [0, 0.05) is 37.3 Å². The number of aliphatic hydroxyl groups is 1. The van der Waals surface area contributed by atoms with Gasteiger partial charge >= 0.3 is 0 Å². The van der Waals surface area contributed by atoms with Crippen LogP contribution in [0.25, 0.3) is 0 Å². The van der Waals surface area contributed by atoms with E-state index in [1.54, 1.807) is 6.07 Å². The lowest BCUT2D eigenvalue weighted by molar-refractivity contribution is -0.384. The maximum atomic E-state index is 11.7. The van der Waals surface area contributed by atoms with E-state index >= 15 is 0 Å². The minimum absolute atomic E-state index is 0.0164. The molecular weight excluding hydrogens is 590 g/mol. The normalized spacial score (nSPS) is 14.9. The van der Waals surface area contributed by atoms with Crippen molar-refractivity contribution in [2.75, 3.05) is 124 Å². The van der Waals surface area contributed by atoms with Crippen molar-refractivity contribution in [3.8, 4) is 5.75 Å². The molecule has 14 nitrogen and oxygen atoms in total. The van der Waals surface area contributed by atoms with Gasteiger partial charge in [0.25, 0.3) is 5.69 Å². The minimum Gasteiger partial charge on any atom is -0.491 e. The average Bonchev–Trinajstić information content (AvgIpc) is 3.19. The van der Waals surface area contributed by atoms with Gasteiger partial charge in [0.15, 0.2) is 0 Å². The summed E-state index contributed by atoms with van der Waals surface area (Å²) < 4.78 is 44.0. The first-order valence-electron chi connectivity index (χ1n) is 15.6. The summed E-state index contributed by atoms with van der Waals surface area (Å²) in [7, 11) is 0. The molecular formula is C31H53N3O11. The molecule has 0 amide bonds. The first-order valence-corrected chi connectivity index (χ1v) is 15.6. The topological polar surface area (TPSA) is 152 Å². The summed E-state index contributed by atoms with van der Waals surface area (Å²) in [5.74, 6) is 0.621. The number of hydrogen-bond acceptors (Lipinski definition) is 13. The Hall–Kier alpha value is -2.40. The Morgan fingerprint density at radius 1 is 0.844 bits per heavy atom. The Morgan fingerprint density at radius 3 is 1.76 bits per heavy atom. The molecule has 1 aliphatic heterocycles. The number of allylic oxidation sites excluding steroid dienone is 1. The van der Waals surface area contributed by atoms with Crippen molar-refractivity contribution in [2.24, 2.45) is 0 Å². The number of benzene rings is 1. The highest BCUT2D eigenvalue weighted by molar-refractivity contribution is 5.70. The summed E-state index contributed by atoms with van der Waals surface area (Å²) in [6, 6.07) is 3.36. The van der Waals surface area contributed by atoms with E-state index in [0.29, 0.717) is 124 Å². The molecule has 2 N–H and O–H groups in total. The van der Waals surface area contributed by atoms with Crippen molar-refractivity contribution in [3.05, 3.63) is 39.5 Å². The fourth-order valence-corrected chi connectivity index (χ4v) is 4.24. The molecule has 0 spiro atoms. The van der Waals surface area contributed by atoms with E-state index < -0.39 is 0 Å². The van der Waals surface area contributed by atoms with E-state index in [4.69, 9.17) is 43.0 Å². The highest BCUT2D eigenvalue weighted by atomic mass is 16.6. The Labute approximate surface area is 267 Å². The Balaban J connectivity index is 1.50. The lowest BCUT2D eigenvalue weighted by Crippen LogP contribution is -2.35. The van der Waals surface area contributed by atoms with Crippen LogP contribution in [0.2, 0.25) is 0 Å². The average molecular weight is 644 g/mol. The van der Waals surface area contributed by atoms with E-state index in [2.05, 4.69) is 37.1 Å². The van der Waals surface area contributed by atoms with Crippen LogP contribution in [0.15, 0.2) is 23.8 Å². The molecule has 2 rings (SSSR count). The molecule has 45 heavy (non-hydrogen) atoms. The third-order valence-electron chi connectivity index (χ3n) is 6.69. The fourth-order valence-electron chi connectivity index (χ4n) is 4.24. The Morgan fingerprint density at radius 2 is 1.31 bits per heavy atom. The Kier molecular flexibility index (Phi) is 21.4. The first-order chi connectivity index (χ1) is 21.9. The van der Waals surface area contributed by atoms with Crippen LogP contribution in [-0.2, 0) is 39.7 Å². The van der Waals surface area contributed by atoms with Gasteiger partial charge in [-0.1, -0.05) is 11.6 Å². The zero-order valence-electron chi connectivity index (χ0n) is 27.2. The number of aliphatic hydroxyl groups excluding tert-OH is 1. The van der Waals surface area contributed by atoms with Gasteiger partial charge in [-0.25, -0.2) is 0 Å². The molecule has 1 heterocycles. The second kappa shape index (κ2) is 24.8. The number of nitro benzene ring substituents is 1. The van der Waals surface area contributed by atoms with Crippen LogP contribution in [0.5, 0.6) is 5.75 Å². The molecule has 1 aromatic carbocycles. The number of nitrogens with zero attached hydrogens (tertiary/aromatic N) is 2. The number of rotatable bonds is 27. The van der Waals surface area contributed by atoms with Crippen LogP contribution in [0, 0.1) is 10.1 Å². The number of nitrogens with one attached hydrogen (secondary N) is 1. The number of anilines is 1. The molecule has 0 aliphatic carbocycles. The first kappa shape index (κ1) is 38.8. The summed E-state index contributed by atoms with van der Waals surface area (Å²) in [5.41, 5.74) is 2.60. The van der Waals surface area contributed by atoms with Crippen molar-refractivity contribution in [1.82, 2.24) is 4.90 Å². The maximum absolute atomic E-state index is 11.7.